The summed E-state index contributed by atoms with van der Waals surface area (Å²) in [4.78, 5) is 14.7. The van der Waals surface area contributed by atoms with Crippen molar-refractivity contribution in [2.75, 3.05) is 6.54 Å². The minimum absolute atomic E-state index is 0.0114. The van der Waals surface area contributed by atoms with Gasteiger partial charge in [-0.2, -0.15) is 5.10 Å². The topological polar surface area (TPSA) is 51.3 Å². The van der Waals surface area contributed by atoms with Crippen LogP contribution in [0.2, 0.25) is 0 Å². The number of hydrogen-bond acceptors (Lipinski definition) is 3. The summed E-state index contributed by atoms with van der Waals surface area (Å²) in [6.45, 7) is 6.76. The summed E-state index contributed by atoms with van der Waals surface area (Å²) in [6.07, 6.45) is 3.58. The van der Waals surface area contributed by atoms with Gasteiger partial charge in [0.1, 0.15) is 0 Å². The van der Waals surface area contributed by atoms with Gasteiger partial charge in [-0.15, -0.1) is 0 Å². The molecule has 112 valence electrons. The molecule has 5 nitrogen and oxygen atoms in total. The second kappa shape index (κ2) is 5.06. The maximum absolute atomic E-state index is 12.7. The van der Waals surface area contributed by atoms with E-state index in [0.717, 1.165) is 36.3 Å². The van der Waals surface area contributed by atoms with Crippen LogP contribution in [0.1, 0.15) is 52.0 Å². The average molecular weight is 287 g/mol. The van der Waals surface area contributed by atoms with Crippen LogP contribution in [0, 0.1) is 20.8 Å². The summed E-state index contributed by atoms with van der Waals surface area (Å²) in [5.41, 5.74) is 4.22. The van der Waals surface area contributed by atoms with Gasteiger partial charge in [-0.1, -0.05) is 0 Å². The van der Waals surface area contributed by atoms with Crippen molar-refractivity contribution in [3.63, 3.8) is 0 Å². The molecule has 3 heterocycles. The van der Waals surface area contributed by atoms with E-state index in [9.17, 15) is 4.79 Å². The van der Waals surface area contributed by atoms with E-state index in [1.165, 1.54) is 5.56 Å². The fourth-order valence-electron chi connectivity index (χ4n) is 3.30. The van der Waals surface area contributed by atoms with E-state index in [1.54, 1.807) is 6.26 Å². The Hall–Kier alpha value is -2.04. The third-order valence-corrected chi connectivity index (χ3v) is 4.47. The van der Waals surface area contributed by atoms with E-state index >= 15 is 0 Å². The third kappa shape index (κ3) is 2.17. The molecular formula is C16H21N3O2. The highest BCUT2D eigenvalue weighted by Crippen LogP contribution is 2.36. The fraction of sp³-hybridized carbons (Fsp3) is 0.500. The molecule has 1 saturated heterocycles. The predicted octanol–water partition coefficient (Wildman–Crippen LogP) is 2.92. The van der Waals surface area contributed by atoms with Gasteiger partial charge in [-0.3, -0.25) is 9.48 Å². The van der Waals surface area contributed by atoms with Gasteiger partial charge < -0.3 is 9.32 Å². The van der Waals surface area contributed by atoms with Gasteiger partial charge in [0.05, 0.1) is 18.0 Å². The molecule has 1 unspecified atom stereocenters. The van der Waals surface area contributed by atoms with E-state index in [4.69, 9.17) is 4.42 Å². The third-order valence-electron chi connectivity index (χ3n) is 4.47. The molecule has 1 atom stereocenters. The Morgan fingerprint density at radius 3 is 2.71 bits per heavy atom. The summed E-state index contributed by atoms with van der Waals surface area (Å²) in [5.74, 6) is 0.448. The zero-order chi connectivity index (χ0) is 15.1. The second-order valence-electron chi connectivity index (χ2n) is 5.80. The van der Waals surface area contributed by atoms with E-state index in [-0.39, 0.29) is 11.9 Å². The fourth-order valence-corrected chi connectivity index (χ4v) is 3.30. The first-order valence-electron chi connectivity index (χ1n) is 7.36. The Morgan fingerprint density at radius 2 is 2.14 bits per heavy atom. The van der Waals surface area contributed by atoms with E-state index in [1.807, 2.05) is 36.5 Å². The lowest BCUT2D eigenvalue weighted by Crippen LogP contribution is -2.31. The van der Waals surface area contributed by atoms with E-state index in [0.29, 0.717) is 5.76 Å². The Kier molecular flexibility index (Phi) is 3.35. The lowest BCUT2D eigenvalue weighted by molar-refractivity contribution is 0.0701. The van der Waals surface area contributed by atoms with Gasteiger partial charge in [0, 0.05) is 30.4 Å². The van der Waals surface area contributed by atoms with Crippen LogP contribution in [0.15, 0.2) is 16.7 Å². The minimum atomic E-state index is -0.0114. The van der Waals surface area contributed by atoms with Gasteiger partial charge in [0.25, 0.3) is 5.91 Å². The standard InChI is InChI=1S/C16H21N3O2/c1-10-7-9-21-15(10)16(20)19-8-5-6-13(19)14-11(2)17-18(4)12(14)3/h7,9,13H,5-6,8H2,1-4H3. The number of aromatic nitrogens is 2. The van der Waals surface area contributed by atoms with Crippen LogP contribution in [0.4, 0.5) is 0 Å². The first-order valence-corrected chi connectivity index (χ1v) is 7.36. The number of aryl methyl sites for hydroxylation is 3. The van der Waals surface area contributed by atoms with Crippen LogP contribution in [0.5, 0.6) is 0 Å². The summed E-state index contributed by atoms with van der Waals surface area (Å²) in [6, 6.07) is 1.94. The number of rotatable bonds is 2. The van der Waals surface area contributed by atoms with Gasteiger partial charge >= 0.3 is 0 Å². The number of likely N-dealkylation sites (tertiary alicyclic amines) is 1. The molecule has 1 amide bonds. The summed E-state index contributed by atoms with van der Waals surface area (Å²) in [7, 11) is 1.95. The zero-order valence-corrected chi connectivity index (χ0v) is 13.0. The highest BCUT2D eigenvalue weighted by Gasteiger charge is 2.35. The molecule has 1 fully saturated rings. The molecule has 0 spiro atoms. The predicted molar refractivity (Wildman–Crippen MR) is 79.1 cm³/mol. The van der Waals surface area contributed by atoms with Crippen LogP contribution in [0.25, 0.3) is 0 Å². The van der Waals surface area contributed by atoms with Crippen LogP contribution in [-0.4, -0.2) is 27.1 Å². The van der Waals surface area contributed by atoms with Crippen molar-refractivity contribution in [3.8, 4) is 0 Å². The first kappa shape index (κ1) is 13.9. The molecule has 21 heavy (non-hydrogen) atoms. The van der Waals surface area contributed by atoms with Crippen molar-refractivity contribution in [2.24, 2.45) is 7.05 Å². The van der Waals surface area contributed by atoms with Crippen molar-refractivity contribution in [1.29, 1.82) is 0 Å². The monoisotopic (exact) mass is 287 g/mol. The normalized spacial score (nSPS) is 18.5. The second-order valence-corrected chi connectivity index (χ2v) is 5.80. The van der Waals surface area contributed by atoms with Crippen molar-refractivity contribution in [1.82, 2.24) is 14.7 Å². The summed E-state index contributed by atoms with van der Waals surface area (Å²) < 4.78 is 7.27. The number of carbonyl (C=O) groups is 1. The average Bonchev–Trinajstić information content (AvgIpc) is 3.11. The number of amides is 1. The molecule has 5 heteroatoms. The summed E-state index contributed by atoms with van der Waals surface area (Å²) in [5, 5.41) is 4.48. The number of nitrogens with zero attached hydrogens (tertiary/aromatic N) is 3. The molecule has 0 aromatic carbocycles. The minimum Gasteiger partial charge on any atom is -0.459 e. The SMILES string of the molecule is Cc1ccoc1C(=O)N1CCCC1c1c(C)nn(C)c1C. The lowest BCUT2D eigenvalue weighted by Gasteiger charge is -2.24. The Bertz CT molecular complexity index is 684. The quantitative estimate of drug-likeness (QED) is 0.853. The van der Waals surface area contributed by atoms with Crippen LogP contribution in [-0.2, 0) is 7.05 Å². The molecule has 0 aliphatic carbocycles. The largest absolute Gasteiger partial charge is 0.459 e. The van der Waals surface area contributed by atoms with Crippen LogP contribution < -0.4 is 0 Å². The van der Waals surface area contributed by atoms with Crippen LogP contribution in [0.3, 0.4) is 0 Å². The van der Waals surface area contributed by atoms with Crippen molar-refractivity contribution < 1.29 is 9.21 Å². The molecule has 0 saturated carbocycles. The van der Waals surface area contributed by atoms with Crippen molar-refractivity contribution >= 4 is 5.91 Å². The Balaban J connectivity index is 1.96. The molecule has 3 rings (SSSR count). The van der Waals surface area contributed by atoms with Crippen molar-refractivity contribution in [3.05, 3.63) is 40.6 Å². The highest BCUT2D eigenvalue weighted by molar-refractivity contribution is 5.93. The maximum atomic E-state index is 12.7. The molecule has 2 aromatic heterocycles. The maximum Gasteiger partial charge on any atom is 0.290 e. The van der Waals surface area contributed by atoms with Gasteiger partial charge in [0.15, 0.2) is 5.76 Å². The number of furan rings is 1. The molecule has 0 N–H and O–H groups in total. The molecule has 1 aliphatic heterocycles. The number of hydrogen-bond donors (Lipinski definition) is 0. The smallest absolute Gasteiger partial charge is 0.290 e. The van der Waals surface area contributed by atoms with Gasteiger partial charge in [0.2, 0.25) is 0 Å². The molecule has 0 radical (unpaired) electrons. The lowest BCUT2D eigenvalue weighted by atomic mass is 10.0. The van der Waals surface area contributed by atoms with Gasteiger partial charge in [-0.25, -0.2) is 0 Å². The summed E-state index contributed by atoms with van der Waals surface area (Å²) >= 11 is 0. The Labute approximate surface area is 124 Å². The van der Waals surface area contributed by atoms with Crippen LogP contribution >= 0.6 is 0 Å². The van der Waals surface area contributed by atoms with Crippen molar-refractivity contribution in [2.45, 2.75) is 39.7 Å². The Morgan fingerprint density at radius 1 is 1.38 bits per heavy atom. The highest BCUT2D eigenvalue weighted by atomic mass is 16.3. The van der Waals surface area contributed by atoms with E-state index in [2.05, 4.69) is 12.0 Å². The molecule has 0 bridgehead atoms. The van der Waals surface area contributed by atoms with E-state index < -0.39 is 0 Å². The number of carbonyl (C=O) groups excluding carboxylic acids is 1. The van der Waals surface area contributed by atoms with Gasteiger partial charge in [-0.05, 0) is 39.7 Å². The molecule has 2 aromatic rings. The zero-order valence-electron chi connectivity index (χ0n) is 13.0. The molecular weight excluding hydrogens is 266 g/mol. The molecule has 1 aliphatic rings. The first-order chi connectivity index (χ1) is 10.0.